The lowest BCUT2D eigenvalue weighted by Gasteiger charge is -2.13. The van der Waals surface area contributed by atoms with Crippen molar-refractivity contribution in [2.75, 3.05) is 12.4 Å². The highest BCUT2D eigenvalue weighted by atomic mass is 16.6. The van der Waals surface area contributed by atoms with Gasteiger partial charge in [-0.25, -0.2) is 9.67 Å². The van der Waals surface area contributed by atoms with Gasteiger partial charge in [-0.1, -0.05) is 12.1 Å². The molecule has 0 radical (unpaired) electrons. The van der Waals surface area contributed by atoms with Gasteiger partial charge < -0.3 is 14.8 Å². The number of carbonyl (C=O) groups is 1. The molecule has 176 valence electrons. The van der Waals surface area contributed by atoms with Crippen LogP contribution in [0.5, 0.6) is 17.4 Å². The van der Waals surface area contributed by atoms with Gasteiger partial charge in [-0.15, -0.1) is 0 Å². The van der Waals surface area contributed by atoms with E-state index in [9.17, 15) is 19.7 Å². The fourth-order valence-electron chi connectivity index (χ4n) is 3.25. The Morgan fingerprint density at radius 1 is 1.06 bits per heavy atom. The van der Waals surface area contributed by atoms with Crippen molar-refractivity contribution in [3.05, 3.63) is 105 Å². The average molecular weight is 473 g/mol. The molecular formula is C24H19N5O6. The Labute approximate surface area is 198 Å². The predicted molar refractivity (Wildman–Crippen MR) is 126 cm³/mol. The van der Waals surface area contributed by atoms with Gasteiger partial charge in [-0.05, 0) is 49.4 Å². The molecule has 0 saturated carbocycles. The van der Waals surface area contributed by atoms with Crippen LogP contribution in [0.1, 0.15) is 16.2 Å². The monoisotopic (exact) mass is 473 g/mol. The number of benzene rings is 2. The Kier molecular flexibility index (Phi) is 6.49. The van der Waals surface area contributed by atoms with Crippen LogP contribution in [0.4, 0.5) is 11.4 Å². The number of ether oxygens (including phenoxy) is 2. The number of rotatable bonds is 7. The molecule has 11 heteroatoms. The highest BCUT2D eigenvalue weighted by molar-refractivity contribution is 6.03. The van der Waals surface area contributed by atoms with E-state index in [0.717, 1.165) is 0 Å². The van der Waals surface area contributed by atoms with Crippen LogP contribution >= 0.6 is 0 Å². The molecule has 4 rings (SSSR count). The number of hydrogen-bond acceptors (Lipinski definition) is 8. The van der Waals surface area contributed by atoms with E-state index in [1.807, 2.05) is 0 Å². The summed E-state index contributed by atoms with van der Waals surface area (Å²) in [6.07, 6.45) is 1.49. The van der Waals surface area contributed by atoms with E-state index >= 15 is 0 Å². The number of amides is 1. The van der Waals surface area contributed by atoms with Crippen LogP contribution < -0.4 is 20.2 Å². The van der Waals surface area contributed by atoms with Gasteiger partial charge >= 0.3 is 0 Å². The second kappa shape index (κ2) is 9.83. The largest absolute Gasteiger partial charge is 0.497 e. The fourth-order valence-corrected chi connectivity index (χ4v) is 3.25. The number of aromatic nitrogens is 3. The number of methoxy groups -OCH3 is 1. The summed E-state index contributed by atoms with van der Waals surface area (Å²) in [7, 11) is 1.55. The molecule has 1 amide bonds. The lowest BCUT2D eigenvalue weighted by atomic mass is 10.2. The summed E-state index contributed by atoms with van der Waals surface area (Å²) >= 11 is 0. The van der Waals surface area contributed by atoms with Crippen molar-refractivity contribution in [2.45, 2.75) is 6.92 Å². The first-order valence-corrected chi connectivity index (χ1v) is 10.3. The highest BCUT2D eigenvalue weighted by Crippen LogP contribution is 2.28. The van der Waals surface area contributed by atoms with Crippen LogP contribution in [-0.2, 0) is 0 Å². The molecule has 0 fully saturated rings. The predicted octanol–water partition coefficient (Wildman–Crippen LogP) is 3.90. The molecule has 0 aliphatic rings. The van der Waals surface area contributed by atoms with Gasteiger partial charge in [0.25, 0.3) is 11.6 Å². The second-order valence-electron chi connectivity index (χ2n) is 7.24. The highest BCUT2D eigenvalue weighted by Gasteiger charge is 2.21. The summed E-state index contributed by atoms with van der Waals surface area (Å²) in [6, 6.07) is 17.0. The first-order valence-electron chi connectivity index (χ1n) is 10.3. The van der Waals surface area contributed by atoms with Gasteiger partial charge in [0.15, 0.2) is 5.69 Å². The summed E-state index contributed by atoms with van der Waals surface area (Å²) < 4.78 is 12.1. The third kappa shape index (κ3) is 4.98. The molecule has 2 aromatic heterocycles. The molecule has 0 aliphatic heterocycles. The van der Waals surface area contributed by atoms with Crippen molar-refractivity contribution in [3.63, 3.8) is 0 Å². The van der Waals surface area contributed by atoms with Crippen LogP contribution in [0.25, 0.3) is 5.69 Å². The fraction of sp³-hybridized carbons (Fsp3) is 0.0833. The van der Waals surface area contributed by atoms with Gasteiger partial charge in [0.2, 0.25) is 11.3 Å². The number of anilines is 1. The van der Waals surface area contributed by atoms with Crippen molar-refractivity contribution in [1.29, 1.82) is 0 Å². The number of nitrogens with one attached hydrogen (secondary N) is 1. The number of nitrogens with zero attached hydrogens (tertiary/aromatic N) is 4. The molecule has 2 aromatic carbocycles. The maximum atomic E-state index is 13.0. The number of hydrogen-bond donors (Lipinski definition) is 1. The third-order valence-corrected chi connectivity index (χ3v) is 4.92. The topological polar surface area (TPSA) is 138 Å². The van der Waals surface area contributed by atoms with E-state index < -0.39 is 22.0 Å². The van der Waals surface area contributed by atoms with Crippen LogP contribution in [0.3, 0.4) is 0 Å². The first kappa shape index (κ1) is 23.1. The standard InChI is InChI=1S/C24H19N5O6/c1-15-14-21(30)22(27-28(15)19-7-3-4-8-20(19)29(32)33)23(31)26-18-6-5-13-25-24(18)35-17-11-9-16(34-2)10-12-17/h3-14H,1-2H3,(H,26,31). The number of pyridine rings is 1. The molecule has 0 unspecified atom stereocenters. The number of nitro benzene ring substituents is 1. The Morgan fingerprint density at radius 3 is 2.49 bits per heavy atom. The maximum Gasteiger partial charge on any atom is 0.294 e. The molecule has 2 heterocycles. The molecular weight excluding hydrogens is 454 g/mol. The molecule has 1 N–H and O–H groups in total. The molecule has 35 heavy (non-hydrogen) atoms. The first-order chi connectivity index (χ1) is 16.9. The zero-order valence-electron chi connectivity index (χ0n) is 18.7. The van der Waals surface area contributed by atoms with Crippen LogP contribution in [0.15, 0.2) is 77.7 Å². The summed E-state index contributed by atoms with van der Waals surface area (Å²) in [5.74, 6) is 0.367. The van der Waals surface area contributed by atoms with Gasteiger partial charge in [-0.3, -0.25) is 19.7 Å². The Hall–Kier alpha value is -5.06. The molecule has 0 spiro atoms. The van der Waals surface area contributed by atoms with E-state index in [0.29, 0.717) is 17.2 Å². The number of para-hydroxylation sites is 2. The molecule has 0 aliphatic carbocycles. The summed E-state index contributed by atoms with van der Waals surface area (Å²) in [6.45, 7) is 1.56. The van der Waals surface area contributed by atoms with Crippen molar-refractivity contribution < 1.29 is 19.2 Å². The smallest absolute Gasteiger partial charge is 0.294 e. The van der Waals surface area contributed by atoms with E-state index in [1.54, 1.807) is 56.5 Å². The van der Waals surface area contributed by atoms with E-state index in [1.165, 1.54) is 35.1 Å². The Balaban J connectivity index is 1.66. The number of nitro groups is 1. The Morgan fingerprint density at radius 2 is 1.77 bits per heavy atom. The number of aryl methyl sites for hydroxylation is 1. The molecule has 0 bridgehead atoms. The quantitative estimate of drug-likeness (QED) is 0.315. The van der Waals surface area contributed by atoms with Gasteiger partial charge in [-0.2, -0.15) is 5.10 Å². The van der Waals surface area contributed by atoms with Crippen LogP contribution in [0.2, 0.25) is 0 Å². The van der Waals surface area contributed by atoms with Gasteiger partial charge in [0.1, 0.15) is 22.9 Å². The Bertz CT molecular complexity index is 1470. The molecule has 0 saturated heterocycles. The summed E-state index contributed by atoms with van der Waals surface area (Å²) in [5.41, 5.74) is -0.670. The summed E-state index contributed by atoms with van der Waals surface area (Å²) in [5, 5.41) is 18.2. The second-order valence-corrected chi connectivity index (χ2v) is 7.24. The van der Waals surface area contributed by atoms with Gasteiger partial charge in [0, 0.05) is 24.0 Å². The van der Waals surface area contributed by atoms with Crippen molar-refractivity contribution in [2.24, 2.45) is 0 Å². The molecule has 4 aromatic rings. The SMILES string of the molecule is COc1ccc(Oc2ncccc2NC(=O)c2nn(-c3ccccc3[N+](=O)[O-])c(C)cc2=O)cc1. The lowest BCUT2D eigenvalue weighted by molar-refractivity contribution is -0.384. The molecule has 0 atom stereocenters. The zero-order chi connectivity index (χ0) is 24.9. The minimum atomic E-state index is -0.824. The van der Waals surface area contributed by atoms with Gasteiger partial charge in [0.05, 0.1) is 12.0 Å². The van der Waals surface area contributed by atoms with E-state index in [4.69, 9.17) is 9.47 Å². The van der Waals surface area contributed by atoms with Crippen LogP contribution in [0, 0.1) is 17.0 Å². The lowest BCUT2D eigenvalue weighted by Crippen LogP contribution is -2.27. The zero-order valence-corrected chi connectivity index (χ0v) is 18.7. The third-order valence-electron chi connectivity index (χ3n) is 4.92. The average Bonchev–Trinajstić information content (AvgIpc) is 2.85. The van der Waals surface area contributed by atoms with Crippen LogP contribution in [-0.4, -0.2) is 32.7 Å². The summed E-state index contributed by atoms with van der Waals surface area (Å²) in [4.78, 5) is 40.6. The van der Waals surface area contributed by atoms with Crippen molar-refractivity contribution >= 4 is 17.3 Å². The maximum absolute atomic E-state index is 13.0. The molecule has 11 nitrogen and oxygen atoms in total. The van der Waals surface area contributed by atoms with E-state index in [2.05, 4.69) is 15.4 Å². The van der Waals surface area contributed by atoms with Crippen molar-refractivity contribution in [3.8, 4) is 23.1 Å². The minimum Gasteiger partial charge on any atom is -0.497 e. The van der Waals surface area contributed by atoms with E-state index in [-0.39, 0.29) is 22.9 Å². The normalized spacial score (nSPS) is 10.5. The number of carbonyl (C=O) groups excluding carboxylic acids is 1. The van der Waals surface area contributed by atoms with Crippen molar-refractivity contribution in [1.82, 2.24) is 14.8 Å². The minimum absolute atomic E-state index is 0.0946.